The first-order valence-corrected chi connectivity index (χ1v) is 7.64. The number of hydrogen-bond acceptors (Lipinski definition) is 5. The van der Waals surface area contributed by atoms with Crippen LogP contribution in [0.3, 0.4) is 0 Å². The summed E-state index contributed by atoms with van der Waals surface area (Å²) in [5.74, 6) is -2.05. The Bertz CT molecular complexity index is 715. The smallest absolute Gasteiger partial charge is 0.375 e. The summed E-state index contributed by atoms with van der Waals surface area (Å²) >= 11 is 0. The second-order valence-electron chi connectivity index (χ2n) is 5.86. The molecule has 2 atom stereocenters. The molecule has 1 fully saturated rings. The van der Waals surface area contributed by atoms with Crippen molar-refractivity contribution >= 4 is 11.8 Å². The van der Waals surface area contributed by atoms with Gasteiger partial charge in [0.05, 0.1) is 0 Å². The summed E-state index contributed by atoms with van der Waals surface area (Å²) < 4.78 is 4.98. The molecule has 2 N–H and O–H groups in total. The predicted octanol–water partition coefficient (Wildman–Crippen LogP) is 2.46. The number of nitrogens with one attached hydrogen (secondary N) is 1. The maximum Gasteiger partial charge on any atom is 0.375 e. The lowest BCUT2D eigenvalue weighted by Crippen LogP contribution is -2.36. The molecule has 1 aromatic carbocycles. The van der Waals surface area contributed by atoms with E-state index >= 15 is 0 Å². The van der Waals surface area contributed by atoms with Crippen molar-refractivity contribution < 1.29 is 19.2 Å². The maximum absolute atomic E-state index is 12.8. The molecular formula is C17H18N2O4. The SMILES string of the molecule is CC1CCC(c2noc(C(=O)O)c2C(=O)c2ccccc2)CN1. The Morgan fingerprint density at radius 2 is 2.00 bits per heavy atom. The van der Waals surface area contributed by atoms with E-state index in [-0.39, 0.29) is 23.0 Å². The minimum atomic E-state index is -1.28. The Hall–Kier alpha value is -2.47. The number of aromatic nitrogens is 1. The zero-order valence-electron chi connectivity index (χ0n) is 12.8. The van der Waals surface area contributed by atoms with Crippen molar-refractivity contribution in [3.8, 4) is 0 Å². The standard InChI is InChI=1S/C17H18N2O4/c1-10-7-8-12(9-18-10)14-13(16(17(21)22)23-19-14)15(20)11-5-3-2-4-6-11/h2-6,10,12,18H,7-9H2,1H3,(H,21,22). The number of aromatic carboxylic acids is 1. The fraction of sp³-hybridized carbons (Fsp3) is 0.353. The summed E-state index contributed by atoms with van der Waals surface area (Å²) in [6, 6.07) is 9.01. The number of carbonyl (C=O) groups is 2. The van der Waals surface area contributed by atoms with E-state index in [2.05, 4.69) is 17.4 Å². The van der Waals surface area contributed by atoms with Gasteiger partial charge in [-0.15, -0.1) is 0 Å². The van der Waals surface area contributed by atoms with Crippen LogP contribution in [-0.4, -0.2) is 34.6 Å². The van der Waals surface area contributed by atoms with Gasteiger partial charge in [0.25, 0.3) is 5.76 Å². The van der Waals surface area contributed by atoms with Gasteiger partial charge in [-0.3, -0.25) is 4.79 Å². The predicted molar refractivity (Wildman–Crippen MR) is 82.8 cm³/mol. The highest BCUT2D eigenvalue weighted by atomic mass is 16.5. The zero-order chi connectivity index (χ0) is 16.4. The first kappa shape index (κ1) is 15.4. The van der Waals surface area contributed by atoms with E-state index in [0.29, 0.717) is 23.8 Å². The number of carboxylic acids is 1. The van der Waals surface area contributed by atoms with Crippen LogP contribution < -0.4 is 5.32 Å². The van der Waals surface area contributed by atoms with Crippen LogP contribution >= 0.6 is 0 Å². The summed E-state index contributed by atoms with van der Waals surface area (Å²) in [4.78, 5) is 24.2. The molecule has 120 valence electrons. The molecule has 0 amide bonds. The maximum atomic E-state index is 12.8. The van der Waals surface area contributed by atoms with Crippen LogP contribution in [0.25, 0.3) is 0 Å². The van der Waals surface area contributed by atoms with Crippen LogP contribution in [0.5, 0.6) is 0 Å². The van der Waals surface area contributed by atoms with Crippen molar-refractivity contribution in [2.75, 3.05) is 6.54 Å². The third-order valence-corrected chi connectivity index (χ3v) is 4.22. The lowest BCUT2D eigenvalue weighted by molar-refractivity contribution is 0.0647. The number of piperidine rings is 1. The van der Waals surface area contributed by atoms with Crippen molar-refractivity contribution in [1.29, 1.82) is 0 Å². The zero-order valence-corrected chi connectivity index (χ0v) is 12.8. The van der Waals surface area contributed by atoms with Gasteiger partial charge < -0.3 is 14.9 Å². The summed E-state index contributed by atoms with van der Waals surface area (Å²) in [6.45, 7) is 2.75. The number of carbonyl (C=O) groups excluding carboxylic acids is 1. The van der Waals surface area contributed by atoms with Crippen LogP contribution in [0.2, 0.25) is 0 Å². The number of benzene rings is 1. The largest absolute Gasteiger partial charge is 0.475 e. The van der Waals surface area contributed by atoms with Crippen molar-refractivity contribution in [3.05, 3.63) is 52.9 Å². The molecule has 1 aliphatic rings. The molecule has 1 aliphatic heterocycles. The van der Waals surface area contributed by atoms with Gasteiger partial charge in [-0.25, -0.2) is 4.79 Å². The quantitative estimate of drug-likeness (QED) is 0.842. The molecule has 0 bridgehead atoms. The van der Waals surface area contributed by atoms with Gasteiger partial charge >= 0.3 is 5.97 Å². The lowest BCUT2D eigenvalue weighted by atomic mass is 9.88. The van der Waals surface area contributed by atoms with Crippen molar-refractivity contribution in [2.45, 2.75) is 31.7 Å². The molecule has 1 aromatic heterocycles. The number of hydrogen-bond donors (Lipinski definition) is 2. The lowest BCUT2D eigenvalue weighted by Gasteiger charge is -2.26. The molecule has 0 radical (unpaired) electrons. The fourth-order valence-electron chi connectivity index (χ4n) is 2.91. The van der Waals surface area contributed by atoms with Gasteiger partial charge in [0.2, 0.25) is 0 Å². The van der Waals surface area contributed by atoms with Crippen LogP contribution in [-0.2, 0) is 0 Å². The molecule has 6 heteroatoms. The number of ketones is 1. The molecule has 0 spiro atoms. The van der Waals surface area contributed by atoms with E-state index in [4.69, 9.17) is 4.52 Å². The Labute approximate surface area is 133 Å². The molecule has 0 aliphatic carbocycles. The highest BCUT2D eigenvalue weighted by Crippen LogP contribution is 2.30. The molecule has 6 nitrogen and oxygen atoms in total. The summed E-state index contributed by atoms with van der Waals surface area (Å²) in [6.07, 6.45) is 1.79. The average molecular weight is 314 g/mol. The average Bonchev–Trinajstić information content (AvgIpc) is 3.01. The monoisotopic (exact) mass is 314 g/mol. The molecule has 1 saturated heterocycles. The van der Waals surface area contributed by atoms with E-state index < -0.39 is 5.97 Å². The van der Waals surface area contributed by atoms with E-state index in [1.807, 2.05) is 0 Å². The van der Waals surface area contributed by atoms with Gasteiger partial charge in [0.1, 0.15) is 11.3 Å². The van der Waals surface area contributed by atoms with Crippen molar-refractivity contribution in [1.82, 2.24) is 10.5 Å². The minimum Gasteiger partial charge on any atom is -0.475 e. The molecule has 3 rings (SSSR count). The van der Waals surface area contributed by atoms with Crippen LogP contribution in [0.4, 0.5) is 0 Å². The first-order chi connectivity index (χ1) is 11.1. The van der Waals surface area contributed by atoms with Crippen molar-refractivity contribution in [2.24, 2.45) is 0 Å². The molecule has 2 heterocycles. The van der Waals surface area contributed by atoms with Crippen LogP contribution in [0.15, 0.2) is 34.9 Å². The van der Waals surface area contributed by atoms with E-state index in [1.165, 1.54) is 0 Å². The van der Waals surface area contributed by atoms with Crippen molar-refractivity contribution in [3.63, 3.8) is 0 Å². The highest BCUT2D eigenvalue weighted by Gasteiger charge is 2.33. The molecule has 23 heavy (non-hydrogen) atoms. The third-order valence-electron chi connectivity index (χ3n) is 4.22. The Kier molecular flexibility index (Phi) is 4.25. The Morgan fingerprint density at radius 3 is 2.61 bits per heavy atom. The highest BCUT2D eigenvalue weighted by molar-refractivity contribution is 6.14. The van der Waals surface area contributed by atoms with Gasteiger partial charge in [-0.2, -0.15) is 0 Å². The van der Waals surface area contributed by atoms with Gasteiger partial charge in [-0.05, 0) is 19.8 Å². The normalized spacial score (nSPS) is 21.1. The summed E-state index contributed by atoms with van der Waals surface area (Å²) in [5.41, 5.74) is 0.942. The van der Waals surface area contributed by atoms with E-state index in [1.54, 1.807) is 30.3 Å². The molecule has 2 unspecified atom stereocenters. The second-order valence-corrected chi connectivity index (χ2v) is 5.86. The number of nitrogens with zero attached hydrogens (tertiary/aromatic N) is 1. The number of carboxylic acid groups (broad SMARTS) is 1. The fourth-order valence-corrected chi connectivity index (χ4v) is 2.91. The topological polar surface area (TPSA) is 92.4 Å². The van der Waals surface area contributed by atoms with Crippen LogP contribution in [0, 0.1) is 0 Å². The minimum absolute atomic E-state index is 0.0225. The second kappa shape index (κ2) is 6.34. The molecular weight excluding hydrogens is 296 g/mol. The molecule has 0 saturated carbocycles. The van der Waals surface area contributed by atoms with Gasteiger partial charge in [0, 0.05) is 24.1 Å². The third kappa shape index (κ3) is 3.03. The Morgan fingerprint density at radius 1 is 1.26 bits per heavy atom. The summed E-state index contributed by atoms with van der Waals surface area (Å²) in [7, 11) is 0. The number of rotatable bonds is 4. The van der Waals surface area contributed by atoms with E-state index in [0.717, 1.165) is 12.8 Å². The van der Waals surface area contributed by atoms with E-state index in [9.17, 15) is 14.7 Å². The van der Waals surface area contributed by atoms with Gasteiger partial charge in [0.15, 0.2) is 5.78 Å². The van der Waals surface area contributed by atoms with Gasteiger partial charge in [-0.1, -0.05) is 35.5 Å². The first-order valence-electron chi connectivity index (χ1n) is 7.64. The molecule has 2 aromatic rings. The summed E-state index contributed by atoms with van der Waals surface area (Å²) in [5, 5.41) is 16.6. The van der Waals surface area contributed by atoms with Crippen LogP contribution in [0.1, 0.15) is 57.9 Å². The Balaban J connectivity index is 2.01.